The number of rotatable bonds is 8. The zero-order valence-electron chi connectivity index (χ0n) is 21.4. The summed E-state index contributed by atoms with van der Waals surface area (Å²) < 4.78 is 6.07. The molecule has 0 heterocycles. The van der Waals surface area contributed by atoms with Crippen LogP contribution < -0.4 is 4.98 Å². The Kier molecular flexibility index (Phi) is 8.91. The fraction of sp³-hybridized carbons (Fsp3) is 1.00. The summed E-state index contributed by atoms with van der Waals surface area (Å²) in [4.78, 5) is 4.46. The topological polar surface area (TPSA) is 21.3 Å². The number of hydrogen-bond donors (Lipinski definition) is 1. The summed E-state index contributed by atoms with van der Waals surface area (Å²) in [5.74, 6) is 2.64. The smallest absolute Gasteiger partial charge is 0.132 e. The summed E-state index contributed by atoms with van der Waals surface area (Å²) in [5, 5.41) is 0. The molecule has 0 aromatic rings. The third-order valence-corrected chi connectivity index (χ3v) is 14.6. The van der Waals surface area contributed by atoms with Crippen LogP contribution >= 0.6 is 0 Å². The predicted octanol–water partition coefficient (Wildman–Crippen LogP) is 7.93. The molecule has 2 rings (SSSR count). The van der Waals surface area contributed by atoms with Gasteiger partial charge >= 0.3 is 0 Å². The van der Waals surface area contributed by atoms with E-state index in [9.17, 15) is 0 Å². The van der Waals surface area contributed by atoms with E-state index in [-0.39, 0.29) is 11.1 Å². The molecule has 2 aliphatic rings. The van der Waals surface area contributed by atoms with Gasteiger partial charge in [0.25, 0.3) is 0 Å². The first kappa shape index (κ1) is 25.4. The lowest BCUT2D eigenvalue weighted by molar-refractivity contribution is -0.00421. The van der Waals surface area contributed by atoms with Crippen LogP contribution in [0.1, 0.15) is 114 Å². The summed E-state index contributed by atoms with van der Waals surface area (Å²) in [5.41, 5.74) is 2.13. The lowest BCUT2D eigenvalue weighted by Gasteiger charge is -2.51. The van der Waals surface area contributed by atoms with E-state index in [1.54, 1.807) is 0 Å². The van der Waals surface area contributed by atoms with Crippen molar-refractivity contribution in [2.24, 2.45) is 17.8 Å². The molecule has 29 heavy (non-hydrogen) atoms. The number of hydrogen-bond acceptors (Lipinski definition) is 2. The van der Waals surface area contributed by atoms with Crippen LogP contribution in [0.15, 0.2) is 0 Å². The Bertz CT molecular complexity index is 488. The van der Waals surface area contributed by atoms with Gasteiger partial charge < -0.3 is 9.72 Å². The second-order valence-corrected chi connectivity index (χ2v) is 17.1. The van der Waals surface area contributed by atoms with Gasteiger partial charge in [-0.1, -0.05) is 59.3 Å². The molecule has 1 N–H and O–H groups in total. The highest BCUT2D eigenvalue weighted by molar-refractivity contribution is 6.80. The minimum atomic E-state index is -1.65. The fourth-order valence-corrected chi connectivity index (χ4v) is 14.2. The molecule has 0 saturated heterocycles. The van der Waals surface area contributed by atoms with E-state index in [0.717, 1.165) is 35.4 Å². The van der Waals surface area contributed by atoms with Crippen molar-refractivity contribution < 1.29 is 4.74 Å². The van der Waals surface area contributed by atoms with E-state index < -0.39 is 8.24 Å². The molecule has 0 aromatic heterocycles. The number of unbranched alkanes of at least 4 members (excludes halogenated alkanes) is 1. The lowest BCUT2D eigenvalue weighted by Crippen LogP contribution is -2.64. The molecule has 0 amide bonds. The minimum Gasteiger partial charge on any atom is -0.376 e. The highest BCUT2D eigenvalue weighted by Gasteiger charge is 2.54. The fourth-order valence-electron chi connectivity index (χ4n) is 6.56. The van der Waals surface area contributed by atoms with Crippen LogP contribution in [-0.2, 0) is 4.74 Å². The molecular weight excluding hydrogens is 370 g/mol. The molecule has 172 valence electrons. The van der Waals surface area contributed by atoms with Gasteiger partial charge in [0, 0.05) is 12.1 Å². The standard InChI is InChI=1S/C26H53NOSi/c1-20-19-24(22(3)21(20)2)29(27-25(4,5)6,23-15-11-10-12-16-23)18-14-13-17-28-26(7,8)9/h20-24,27H,10-19H2,1-9H3. The first-order valence-corrected chi connectivity index (χ1v) is 15.2. The van der Waals surface area contributed by atoms with Gasteiger partial charge in [0.15, 0.2) is 0 Å². The molecule has 2 fully saturated rings. The van der Waals surface area contributed by atoms with Gasteiger partial charge in [-0.2, -0.15) is 0 Å². The minimum absolute atomic E-state index is 0.00756. The SMILES string of the molecule is CC1CC([Si](CCCCOC(C)(C)C)(NC(C)(C)C)C2CCCCC2)C(C)C1C. The van der Waals surface area contributed by atoms with Crippen molar-refractivity contribution in [2.45, 2.75) is 142 Å². The first-order valence-electron chi connectivity index (χ1n) is 12.8. The number of nitrogens with one attached hydrogen (secondary N) is 1. The second kappa shape index (κ2) is 10.2. The highest BCUT2D eigenvalue weighted by atomic mass is 28.3. The van der Waals surface area contributed by atoms with Gasteiger partial charge in [0.05, 0.1) is 5.60 Å². The maximum Gasteiger partial charge on any atom is 0.132 e. The molecule has 0 bridgehead atoms. The average molecular weight is 424 g/mol. The quantitative estimate of drug-likeness (QED) is 0.316. The summed E-state index contributed by atoms with van der Waals surface area (Å²) >= 11 is 0. The van der Waals surface area contributed by atoms with Gasteiger partial charge in [0.1, 0.15) is 8.24 Å². The molecule has 0 radical (unpaired) electrons. The van der Waals surface area contributed by atoms with Crippen LogP contribution in [0.25, 0.3) is 0 Å². The molecular formula is C26H53NOSi. The van der Waals surface area contributed by atoms with E-state index >= 15 is 0 Å². The van der Waals surface area contributed by atoms with Crippen molar-refractivity contribution in [1.29, 1.82) is 0 Å². The monoisotopic (exact) mass is 423 g/mol. The first-order chi connectivity index (χ1) is 13.4. The third-order valence-electron chi connectivity index (χ3n) is 8.11. The summed E-state index contributed by atoms with van der Waals surface area (Å²) in [6, 6.07) is 1.46. The van der Waals surface area contributed by atoms with E-state index in [2.05, 4.69) is 67.3 Å². The normalized spacial score (nSPS) is 31.8. The Balaban J connectivity index is 2.24. The lowest BCUT2D eigenvalue weighted by atomic mass is 9.94. The Morgan fingerprint density at radius 3 is 1.97 bits per heavy atom. The Labute approximate surface area is 184 Å². The molecule has 0 spiro atoms. The Hall–Kier alpha value is 0.137. The molecule has 2 nitrogen and oxygen atoms in total. The van der Waals surface area contributed by atoms with Crippen LogP contribution in [-0.4, -0.2) is 26.0 Å². The van der Waals surface area contributed by atoms with Crippen LogP contribution in [0.4, 0.5) is 0 Å². The van der Waals surface area contributed by atoms with Crippen LogP contribution in [0.2, 0.25) is 17.1 Å². The maximum absolute atomic E-state index is 6.07. The van der Waals surface area contributed by atoms with Gasteiger partial charge in [-0.3, -0.25) is 0 Å². The van der Waals surface area contributed by atoms with Crippen molar-refractivity contribution in [3.63, 3.8) is 0 Å². The van der Waals surface area contributed by atoms with Gasteiger partial charge in [-0.25, -0.2) is 0 Å². The second-order valence-electron chi connectivity index (χ2n) is 12.7. The predicted molar refractivity (Wildman–Crippen MR) is 131 cm³/mol. The molecule has 5 unspecified atom stereocenters. The van der Waals surface area contributed by atoms with Gasteiger partial charge in [-0.15, -0.1) is 0 Å². The molecule has 2 saturated carbocycles. The van der Waals surface area contributed by atoms with E-state index in [0.29, 0.717) is 0 Å². The average Bonchev–Trinajstić information content (AvgIpc) is 2.87. The summed E-state index contributed by atoms with van der Waals surface area (Å²) in [7, 11) is -1.65. The van der Waals surface area contributed by atoms with E-state index in [1.165, 1.54) is 57.4 Å². The van der Waals surface area contributed by atoms with Crippen molar-refractivity contribution in [2.75, 3.05) is 6.61 Å². The molecule has 0 aliphatic heterocycles. The summed E-state index contributed by atoms with van der Waals surface area (Å²) in [6.07, 6.45) is 11.4. The van der Waals surface area contributed by atoms with Crippen molar-refractivity contribution in [1.82, 2.24) is 4.98 Å². The third kappa shape index (κ3) is 7.07. The van der Waals surface area contributed by atoms with Crippen molar-refractivity contribution >= 4 is 8.24 Å². The molecule has 2 aliphatic carbocycles. The largest absolute Gasteiger partial charge is 0.376 e. The Morgan fingerprint density at radius 1 is 0.862 bits per heavy atom. The van der Waals surface area contributed by atoms with Gasteiger partial charge in [0.2, 0.25) is 0 Å². The van der Waals surface area contributed by atoms with E-state index in [4.69, 9.17) is 4.74 Å². The van der Waals surface area contributed by atoms with E-state index in [1.807, 2.05) is 0 Å². The van der Waals surface area contributed by atoms with Crippen LogP contribution in [0, 0.1) is 17.8 Å². The van der Waals surface area contributed by atoms with Crippen molar-refractivity contribution in [3.05, 3.63) is 0 Å². The zero-order chi connectivity index (χ0) is 21.9. The molecule has 0 aromatic carbocycles. The van der Waals surface area contributed by atoms with Crippen LogP contribution in [0.5, 0.6) is 0 Å². The zero-order valence-corrected chi connectivity index (χ0v) is 22.4. The Morgan fingerprint density at radius 2 is 1.48 bits per heavy atom. The molecule has 3 heteroatoms. The van der Waals surface area contributed by atoms with Crippen molar-refractivity contribution in [3.8, 4) is 0 Å². The summed E-state index contributed by atoms with van der Waals surface area (Å²) in [6.45, 7) is 22.4. The van der Waals surface area contributed by atoms with Gasteiger partial charge in [-0.05, 0) is 89.3 Å². The maximum atomic E-state index is 6.07. The highest BCUT2D eigenvalue weighted by Crippen LogP contribution is 2.56. The van der Waals surface area contributed by atoms with Crippen LogP contribution in [0.3, 0.4) is 0 Å². The number of ether oxygens (including phenoxy) is 1. The molecule has 5 atom stereocenters.